The Balaban J connectivity index is 1.41. The van der Waals surface area contributed by atoms with Gasteiger partial charge in [-0.1, -0.05) is 30.0 Å². The summed E-state index contributed by atoms with van der Waals surface area (Å²) in [4.78, 5) is 19.2. The lowest BCUT2D eigenvalue weighted by Gasteiger charge is -2.29. The third-order valence-corrected chi connectivity index (χ3v) is 5.90. The summed E-state index contributed by atoms with van der Waals surface area (Å²) < 4.78 is 1.86. The van der Waals surface area contributed by atoms with Gasteiger partial charge in [-0.05, 0) is 70.2 Å². The molecule has 0 aliphatic rings. The van der Waals surface area contributed by atoms with E-state index in [4.69, 9.17) is 0 Å². The minimum atomic E-state index is -0.0963. The van der Waals surface area contributed by atoms with Crippen molar-refractivity contribution in [1.29, 1.82) is 0 Å². The van der Waals surface area contributed by atoms with Gasteiger partial charge in [-0.15, -0.1) is 10.2 Å². The minimum absolute atomic E-state index is 0.0963. The minimum Gasteiger partial charge on any atom is -0.339 e. The zero-order valence-corrected chi connectivity index (χ0v) is 19.4. The Morgan fingerprint density at radius 3 is 2.41 bits per heavy atom. The van der Waals surface area contributed by atoms with Crippen molar-refractivity contribution in [3.63, 3.8) is 0 Å². The van der Waals surface area contributed by atoms with Crippen LogP contribution in [0.25, 0.3) is 5.78 Å². The Morgan fingerprint density at radius 2 is 1.72 bits per heavy atom. The van der Waals surface area contributed by atoms with Crippen molar-refractivity contribution < 1.29 is 4.79 Å². The van der Waals surface area contributed by atoms with E-state index in [1.807, 2.05) is 66.8 Å². The van der Waals surface area contributed by atoms with E-state index in [-0.39, 0.29) is 11.7 Å². The van der Waals surface area contributed by atoms with Crippen LogP contribution in [-0.4, -0.2) is 37.3 Å². The third kappa shape index (κ3) is 4.75. The number of nitrogens with one attached hydrogen (secondary N) is 1. The lowest BCUT2D eigenvalue weighted by molar-refractivity contribution is -0.113. The second-order valence-corrected chi connectivity index (χ2v) is 8.78. The predicted octanol–water partition coefficient (Wildman–Crippen LogP) is 5.02. The summed E-state index contributed by atoms with van der Waals surface area (Å²) in [5.74, 6) is 0.688. The molecule has 8 heteroatoms. The maximum absolute atomic E-state index is 12.5. The first-order valence-electron chi connectivity index (χ1n) is 10.5. The first kappa shape index (κ1) is 21.8. The highest BCUT2D eigenvalue weighted by molar-refractivity contribution is 7.99. The number of carbonyl (C=O) groups excluding carboxylic acids is 1. The van der Waals surface area contributed by atoms with Gasteiger partial charge >= 0.3 is 0 Å². The molecule has 1 amide bonds. The van der Waals surface area contributed by atoms with Crippen LogP contribution in [0.2, 0.25) is 0 Å². The molecule has 164 valence electrons. The van der Waals surface area contributed by atoms with Crippen molar-refractivity contribution in [2.24, 2.45) is 0 Å². The van der Waals surface area contributed by atoms with Crippen molar-refractivity contribution in [1.82, 2.24) is 19.6 Å². The molecule has 0 bridgehead atoms. The van der Waals surface area contributed by atoms with Crippen LogP contribution in [0.1, 0.15) is 25.2 Å². The number of benzene rings is 2. The number of aryl methyl sites for hydroxylation is 2. The molecule has 2 heterocycles. The molecule has 1 N–H and O–H groups in total. The molecule has 0 fully saturated rings. The van der Waals surface area contributed by atoms with Crippen molar-refractivity contribution in [3.05, 3.63) is 72.1 Å². The molecule has 0 aliphatic heterocycles. The number of thioether (sulfide) groups is 1. The van der Waals surface area contributed by atoms with Crippen LogP contribution < -0.4 is 10.2 Å². The van der Waals surface area contributed by atoms with Gasteiger partial charge in [0.25, 0.3) is 5.78 Å². The standard InChI is InChI=1S/C24H26N6OS/c1-16(2)29(20-8-6-5-7-9-20)21-12-10-19(11-13-21)26-22(31)15-32-24-28-27-23-25-17(3)14-18(4)30(23)24/h5-14,16H,15H2,1-4H3,(H,26,31). The third-order valence-electron chi connectivity index (χ3n) is 4.98. The molecule has 0 spiro atoms. The Bertz CT molecular complexity index is 1220. The zero-order valence-electron chi connectivity index (χ0n) is 18.6. The van der Waals surface area contributed by atoms with E-state index in [0.29, 0.717) is 17.0 Å². The molecule has 0 saturated carbocycles. The number of para-hydroxylation sites is 1. The van der Waals surface area contributed by atoms with Crippen molar-refractivity contribution in [2.45, 2.75) is 38.9 Å². The van der Waals surface area contributed by atoms with Gasteiger partial charge in [-0.3, -0.25) is 9.20 Å². The predicted molar refractivity (Wildman–Crippen MR) is 130 cm³/mol. The monoisotopic (exact) mass is 446 g/mol. The molecular weight excluding hydrogens is 420 g/mol. The summed E-state index contributed by atoms with van der Waals surface area (Å²) in [6.45, 7) is 8.22. The van der Waals surface area contributed by atoms with Gasteiger partial charge < -0.3 is 10.2 Å². The van der Waals surface area contributed by atoms with E-state index in [2.05, 4.69) is 51.4 Å². The maximum atomic E-state index is 12.5. The normalized spacial score (nSPS) is 11.2. The zero-order chi connectivity index (χ0) is 22.7. The fourth-order valence-electron chi connectivity index (χ4n) is 3.66. The lowest BCUT2D eigenvalue weighted by Crippen LogP contribution is -2.25. The summed E-state index contributed by atoms with van der Waals surface area (Å²) in [5, 5.41) is 11.9. The molecule has 4 aromatic rings. The molecule has 0 saturated heterocycles. The van der Waals surface area contributed by atoms with E-state index in [1.54, 1.807) is 0 Å². The number of hydrogen-bond acceptors (Lipinski definition) is 6. The van der Waals surface area contributed by atoms with Crippen LogP contribution in [0.5, 0.6) is 0 Å². The molecule has 0 unspecified atom stereocenters. The lowest BCUT2D eigenvalue weighted by atomic mass is 10.2. The van der Waals surface area contributed by atoms with Gasteiger partial charge in [-0.2, -0.15) is 0 Å². The van der Waals surface area contributed by atoms with E-state index >= 15 is 0 Å². The SMILES string of the molecule is Cc1cc(C)n2c(SCC(=O)Nc3ccc(N(c4ccccc4)C(C)C)cc3)nnc2n1. The quantitative estimate of drug-likeness (QED) is 0.402. The molecule has 7 nitrogen and oxygen atoms in total. The maximum Gasteiger partial charge on any atom is 0.256 e. The summed E-state index contributed by atoms with van der Waals surface area (Å²) in [6, 6.07) is 20.5. The smallest absolute Gasteiger partial charge is 0.256 e. The van der Waals surface area contributed by atoms with Crippen LogP contribution in [-0.2, 0) is 4.79 Å². The van der Waals surface area contributed by atoms with E-state index < -0.39 is 0 Å². The fourth-order valence-corrected chi connectivity index (χ4v) is 4.45. The van der Waals surface area contributed by atoms with Crippen LogP contribution >= 0.6 is 11.8 Å². The molecule has 0 aliphatic carbocycles. The highest BCUT2D eigenvalue weighted by atomic mass is 32.2. The Morgan fingerprint density at radius 1 is 1.03 bits per heavy atom. The number of nitrogens with zero attached hydrogens (tertiary/aromatic N) is 5. The highest BCUT2D eigenvalue weighted by Gasteiger charge is 2.14. The van der Waals surface area contributed by atoms with Gasteiger partial charge in [0.15, 0.2) is 5.16 Å². The molecule has 32 heavy (non-hydrogen) atoms. The van der Waals surface area contributed by atoms with E-state index in [0.717, 1.165) is 28.5 Å². The number of rotatable bonds is 7. The molecule has 0 radical (unpaired) electrons. The fraction of sp³-hybridized carbons (Fsp3) is 0.250. The first-order chi connectivity index (χ1) is 15.4. The van der Waals surface area contributed by atoms with Gasteiger partial charge in [-0.25, -0.2) is 4.98 Å². The molecule has 2 aromatic carbocycles. The largest absolute Gasteiger partial charge is 0.339 e. The van der Waals surface area contributed by atoms with Gasteiger partial charge in [0, 0.05) is 34.5 Å². The van der Waals surface area contributed by atoms with Crippen LogP contribution in [0, 0.1) is 13.8 Å². The van der Waals surface area contributed by atoms with Crippen molar-refractivity contribution >= 4 is 40.5 Å². The summed E-state index contributed by atoms with van der Waals surface area (Å²) >= 11 is 1.34. The van der Waals surface area contributed by atoms with Gasteiger partial charge in [0.2, 0.25) is 5.91 Å². The Labute approximate surface area is 191 Å². The average Bonchev–Trinajstić information content (AvgIpc) is 3.17. The van der Waals surface area contributed by atoms with Crippen LogP contribution in [0.15, 0.2) is 65.8 Å². The molecule has 0 atom stereocenters. The molecule has 2 aromatic heterocycles. The number of carbonyl (C=O) groups is 1. The Hall–Kier alpha value is -3.39. The Kier molecular flexibility index (Phi) is 6.41. The van der Waals surface area contributed by atoms with Gasteiger partial charge in [0.05, 0.1) is 5.75 Å². The van der Waals surface area contributed by atoms with E-state index in [1.165, 1.54) is 11.8 Å². The van der Waals surface area contributed by atoms with Crippen LogP contribution in [0.4, 0.5) is 17.1 Å². The number of aromatic nitrogens is 4. The second kappa shape index (κ2) is 9.40. The topological polar surface area (TPSA) is 75.4 Å². The molecule has 4 rings (SSSR count). The summed E-state index contributed by atoms with van der Waals surface area (Å²) in [6.07, 6.45) is 0. The number of anilines is 3. The van der Waals surface area contributed by atoms with Gasteiger partial charge in [0.1, 0.15) is 0 Å². The first-order valence-corrected chi connectivity index (χ1v) is 11.5. The molecular formula is C24H26N6OS. The number of hydrogen-bond donors (Lipinski definition) is 1. The van der Waals surface area contributed by atoms with E-state index in [9.17, 15) is 4.79 Å². The van der Waals surface area contributed by atoms with Crippen LogP contribution in [0.3, 0.4) is 0 Å². The number of amides is 1. The second-order valence-electron chi connectivity index (χ2n) is 7.84. The van der Waals surface area contributed by atoms with Crippen molar-refractivity contribution in [2.75, 3.05) is 16.0 Å². The van der Waals surface area contributed by atoms with Crippen molar-refractivity contribution in [3.8, 4) is 0 Å². The summed E-state index contributed by atoms with van der Waals surface area (Å²) in [7, 11) is 0. The number of fused-ring (bicyclic) bond motifs is 1. The highest BCUT2D eigenvalue weighted by Crippen LogP contribution is 2.29. The summed E-state index contributed by atoms with van der Waals surface area (Å²) in [5.41, 5.74) is 4.85. The average molecular weight is 447 g/mol.